The van der Waals surface area contributed by atoms with Gasteiger partial charge in [-0.15, -0.1) is 0 Å². The Morgan fingerprint density at radius 3 is 2.76 bits per heavy atom. The highest BCUT2D eigenvalue weighted by atomic mass is 16.4. The number of carboxylic acids is 1. The predicted molar refractivity (Wildman–Crippen MR) is 63.2 cm³/mol. The molecule has 0 spiro atoms. The number of hydrogen-bond donors (Lipinski definition) is 1. The molecule has 0 saturated heterocycles. The molecule has 2 heterocycles. The van der Waals surface area contributed by atoms with Crippen LogP contribution in [-0.2, 0) is 17.6 Å². The molecule has 5 heteroatoms. The number of nitrogens with zero attached hydrogens (tertiary/aromatic N) is 3. The summed E-state index contributed by atoms with van der Waals surface area (Å²) < 4.78 is 1.73. The summed E-state index contributed by atoms with van der Waals surface area (Å²) in [5, 5.41) is 13.1. The Morgan fingerprint density at radius 1 is 1.47 bits per heavy atom. The molecular formula is C12H15N3O2. The number of fused-ring (bicyclic) bond motifs is 1. The summed E-state index contributed by atoms with van der Waals surface area (Å²) in [6.45, 7) is 5.78. The Balaban J connectivity index is 2.68. The van der Waals surface area contributed by atoms with Crippen LogP contribution in [0.3, 0.4) is 0 Å². The Kier molecular flexibility index (Phi) is 2.83. The molecule has 0 fully saturated rings. The minimum atomic E-state index is -0.847. The highest BCUT2D eigenvalue weighted by Crippen LogP contribution is 2.17. The zero-order chi connectivity index (χ0) is 12.6. The van der Waals surface area contributed by atoms with E-state index in [4.69, 9.17) is 5.11 Å². The third-order valence-electron chi connectivity index (χ3n) is 2.99. The summed E-state index contributed by atoms with van der Waals surface area (Å²) in [7, 11) is 0. The second-order valence-electron chi connectivity index (χ2n) is 4.09. The lowest BCUT2D eigenvalue weighted by atomic mass is 10.1. The molecule has 2 rings (SSSR count). The number of aryl methyl sites for hydroxylation is 3. The maximum atomic E-state index is 10.8. The Bertz CT molecular complexity index is 587. The van der Waals surface area contributed by atoms with E-state index in [0.29, 0.717) is 0 Å². The standard InChI is InChI=1S/C12H15N3O2/c1-4-9-6-13-15-8(3)10(5-11(16)17)7(2)14-12(9)15/h6H,4-5H2,1-3H3,(H,16,17). The first-order chi connectivity index (χ1) is 8.04. The second kappa shape index (κ2) is 4.16. The van der Waals surface area contributed by atoms with Crippen molar-refractivity contribution in [1.82, 2.24) is 14.6 Å². The Labute approximate surface area is 99.1 Å². The van der Waals surface area contributed by atoms with Gasteiger partial charge >= 0.3 is 5.97 Å². The zero-order valence-corrected chi connectivity index (χ0v) is 10.2. The lowest BCUT2D eigenvalue weighted by Crippen LogP contribution is -2.10. The molecular weight excluding hydrogens is 218 g/mol. The largest absolute Gasteiger partial charge is 0.481 e. The first kappa shape index (κ1) is 11.6. The minimum Gasteiger partial charge on any atom is -0.481 e. The number of rotatable bonds is 3. The van der Waals surface area contributed by atoms with E-state index >= 15 is 0 Å². The molecule has 0 unspecified atom stereocenters. The van der Waals surface area contributed by atoms with Crippen LogP contribution in [0.5, 0.6) is 0 Å². The highest BCUT2D eigenvalue weighted by Gasteiger charge is 2.14. The van der Waals surface area contributed by atoms with Crippen LogP contribution in [0.2, 0.25) is 0 Å². The van der Waals surface area contributed by atoms with E-state index < -0.39 is 5.97 Å². The van der Waals surface area contributed by atoms with Gasteiger partial charge in [0.05, 0.1) is 12.6 Å². The topological polar surface area (TPSA) is 67.5 Å². The third kappa shape index (κ3) is 1.88. The quantitative estimate of drug-likeness (QED) is 0.873. The molecule has 0 aliphatic heterocycles. The smallest absolute Gasteiger partial charge is 0.307 e. The van der Waals surface area contributed by atoms with Gasteiger partial charge in [-0.05, 0) is 20.3 Å². The van der Waals surface area contributed by atoms with Crippen molar-refractivity contribution in [2.24, 2.45) is 0 Å². The summed E-state index contributed by atoms with van der Waals surface area (Å²) >= 11 is 0. The molecule has 0 aromatic carbocycles. The molecule has 1 N–H and O–H groups in total. The molecule has 5 nitrogen and oxygen atoms in total. The van der Waals surface area contributed by atoms with Crippen LogP contribution in [0.4, 0.5) is 0 Å². The molecule has 2 aromatic rings. The Hall–Kier alpha value is -1.91. The maximum Gasteiger partial charge on any atom is 0.307 e. The number of aliphatic carboxylic acids is 1. The number of carboxylic acid groups (broad SMARTS) is 1. The van der Waals surface area contributed by atoms with Crippen molar-refractivity contribution in [1.29, 1.82) is 0 Å². The van der Waals surface area contributed by atoms with Gasteiger partial charge in [-0.3, -0.25) is 4.79 Å². The van der Waals surface area contributed by atoms with Crippen molar-refractivity contribution in [3.8, 4) is 0 Å². The van der Waals surface area contributed by atoms with Crippen LogP contribution in [0.25, 0.3) is 5.65 Å². The van der Waals surface area contributed by atoms with E-state index in [1.54, 1.807) is 10.7 Å². The first-order valence-electron chi connectivity index (χ1n) is 5.59. The van der Waals surface area contributed by atoms with E-state index in [1.807, 2.05) is 13.8 Å². The van der Waals surface area contributed by atoms with Crippen LogP contribution in [0, 0.1) is 13.8 Å². The van der Waals surface area contributed by atoms with Gasteiger partial charge in [0.1, 0.15) is 0 Å². The fourth-order valence-electron chi connectivity index (χ4n) is 2.01. The summed E-state index contributed by atoms with van der Waals surface area (Å²) in [5.74, 6) is -0.847. The molecule has 0 radical (unpaired) electrons. The van der Waals surface area contributed by atoms with Crippen LogP contribution >= 0.6 is 0 Å². The molecule has 0 saturated carbocycles. The van der Waals surface area contributed by atoms with Gasteiger partial charge < -0.3 is 5.11 Å². The Morgan fingerprint density at radius 2 is 2.18 bits per heavy atom. The molecule has 0 aliphatic carbocycles. The summed E-state index contributed by atoms with van der Waals surface area (Å²) in [6.07, 6.45) is 2.65. The third-order valence-corrected chi connectivity index (χ3v) is 2.99. The lowest BCUT2D eigenvalue weighted by Gasteiger charge is -2.09. The molecule has 0 atom stereocenters. The average molecular weight is 233 g/mol. The number of aromatic nitrogens is 3. The fraction of sp³-hybridized carbons (Fsp3) is 0.417. The van der Waals surface area contributed by atoms with Crippen molar-refractivity contribution >= 4 is 11.6 Å². The van der Waals surface area contributed by atoms with Crippen LogP contribution in [0.1, 0.15) is 29.4 Å². The van der Waals surface area contributed by atoms with Gasteiger partial charge in [-0.25, -0.2) is 9.50 Å². The van der Waals surface area contributed by atoms with Gasteiger partial charge in [0.2, 0.25) is 0 Å². The van der Waals surface area contributed by atoms with Gasteiger partial charge in [-0.1, -0.05) is 6.92 Å². The SMILES string of the molecule is CCc1cnn2c(C)c(CC(=O)O)c(C)nc12. The van der Waals surface area contributed by atoms with E-state index in [0.717, 1.165) is 34.6 Å². The summed E-state index contributed by atoms with van der Waals surface area (Å²) in [4.78, 5) is 15.3. The molecule has 0 aliphatic rings. The number of carbonyl (C=O) groups is 1. The van der Waals surface area contributed by atoms with Crippen molar-refractivity contribution < 1.29 is 9.90 Å². The van der Waals surface area contributed by atoms with Gasteiger partial charge in [0.15, 0.2) is 5.65 Å². The predicted octanol–water partition coefficient (Wildman–Crippen LogP) is 1.54. The molecule has 2 aromatic heterocycles. The second-order valence-corrected chi connectivity index (χ2v) is 4.09. The van der Waals surface area contributed by atoms with Crippen LogP contribution < -0.4 is 0 Å². The first-order valence-corrected chi connectivity index (χ1v) is 5.59. The summed E-state index contributed by atoms with van der Waals surface area (Å²) in [5.41, 5.74) is 4.28. The average Bonchev–Trinajstić information content (AvgIpc) is 2.66. The molecule has 0 bridgehead atoms. The highest BCUT2D eigenvalue weighted by molar-refractivity contribution is 5.71. The van der Waals surface area contributed by atoms with E-state index in [1.165, 1.54) is 0 Å². The lowest BCUT2D eigenvalue weighted by molar-refractivity contribution is -0.136. The van der Waals surface area contributed by atoms with Crippen molar-refractivity contribution in [2.45, 2.75) is 33.6 Å². The van der Waals surface area contributed by atoms with E-state index in [-0.39, 0.29) is 6.42 Å². The molecule has 90 valence electrons. The van der Waals surface area contributed by atoms with Crippen LogP contribution in [0.15, 0.2) is 6.20 Å². The van der Waals surface area contributed by atoms with Crippen LogP contribution in [-0.4, -0.2) is 25.7 Å². The normalized spacial score (nSPS) is 11.0. The summed E-state index contributed by atoms with van der Waals surface area (Å²) in [6, 6.07) is 0. The van der Waals surface area contributed by atoms with Crippen molar-refractivity contribution in [3.05, 3.63) is 28.7 Å². The monoisotopic (exact) mass is 233 g/mol. The van der Waals surface area contributed by atoms with E-state index in [2.05, 4.69) is 17.0 Å². The maximum absolute atomic E-state index is 10.8. The van der Waals surface area contributed by atoms with E-state index in [9.17, 15) is 4.79 Å². The molecule has 0 amide bonds. The van der Waals surface area contributed by atoms with Gasteiger partial charge in [0.25, 0.3) is 0 Å². The zero-order valence-electron chi connectivity index (χ0n) is 10.2. The minimum absolute atomic E-state index is 0.0120. The van der Waals surface area contributed by atoms with Gasteiger partial charge in [0, 0.05) is 22.5 Å². The van der Waals surface area contributed by atoms with Crippen molar-refractivity contribution in [3.63, 3.8) is 0 Å². The molecule has 17 heavy (non-hydrogen) atoms. The van der Waals surface area contributed by atoms with Gasteiger partial charge in [-0.2, -0.15) is 5.10 Å². The van der Waals surface area contributed by atoms with Crippen molar-refractivity contribution in [2.75, 3.05) is 0 Å². The fourth-order valence-corrected chi connectivity index (χ4v) is 2.01. The number of hydrogen-bond acceptors (Lipinski definition) is 3.